The second kappa shape index (κ2) is 10.9. The third-order valence-corrected chi connectivity index (χ3v) is 3.93. The average Bonchev–Trinajstić information content (AvgIpc) is 2.57. The summed E-state index contributed by atoms with van der Waals surface area (Å²) in [5, 5.41) is 0. The predicted molar refractivity (Wildman–Crippen MR) is 95.6 cm³/mol. The van der Waals surface area contributed by atoms with Crippen molar-refractivity contribution >= 4 is 18.1 Å². The fourth-order valence-corrected chi connectivity index (χ4v) is 2.42. The maximum absolute atomic E-state index is 11.6. The summed E-state index contributed by atoms with van der Waals surface area (Å²) < 4.78 is 26.3. The van der Waals surface area contributed by atoms with E-state index in [1.165, 1.54) is 13.8 Å². The molecule has 0 unspecified atom stereocenters. The maximum atomic E-state index is 11.6. The molecular weight excluding hydrogens is 356 g/mol. The van der Waals surface area contributed by atoms with Gasteiger partial charge in [-0.05, 0) is 5.92 Å². The van der Waals surface area contributed by atoms with Gasteiger partial charge in [0, 0.05) is 19.8 Å². The van der Waals surface area contributed by atoms with Crippen LogP contribution in [0.2, 0.25) is 0 Å². The molecule has 0 radical (unpaired) electrons. The monoisotopic (exact) mass is 386 g/mol. The molecule has 1 aliphatic rings. The van der Waals surface area contributed by atoms with Crippen LogP contribution in [0.15, 0.2) is 12.2 Å². The van der Waals surface area contributed by atoms with Crippen molar-refractivity contribution in [1.82, 2.24) is 0 Å². The molecule has 0 aromatic rings. The maximum Gasteiger partial charge on any atom is 0.508 e. The van der Waals surface area contributed by atoms with Gasteiger partial charge in [0.2, 0.25) is 0 Å². The Morgan fingerprint density at radius 3 is 2.11 bits per heavy atom. The Hall–Kier alpha value is -2.09. The van der Waals surface area contributed by atoms with Crippen LogP contribution in [0.1, 0.15) is 41.5 Å². The van der Waals surface area contributed by atoms with E-state index in [0.29, 0.717) is 0 Å². The second-order valence-electron chi connectivity index (χ2n) is 7.10. The molecule has 0 fully saturated rings. The number of ether oxygens (including phenoxy) is 5. The zero-order valence-corrected chi connectivity index (χ0v) is 16.8. The van der Waals surface area contributed by atoms with Crippen molar-refractivity contribution in [3.63, 3.8) is 0 Å². The molecule has 1 rings (SSSR count). The number of carbonyl (C=O) groups is 3. The summed E-state index contributed by atoms with van der Waals surface area (Å²) in [6.07, 6.45) is 1.06. The molecule has 4 atom stereocenters. The highest BCUT2D eigenvalue weighted by Crippen LogP contribution is 2.26. The van der Waals surface area contributed by atoms with E-state index in [9.17, 15) is 14.4 Å². The first kappa shape index (κ1) is 23.0. The van der Waals surface area contributed by atoms with Crippen LogP contribution in [0.5, 0.6) is 0 Å². The van der Waals surface area contributed by atoms with Crippen molar-refractivity contribution in [1.29, 1.82) is 0 Å². The lowest BCUT2D eigenvalue weighted by Crippen LogP contribution is -2.42. The van der Waals surface area contributed by atoms with Gasteiger partial charge in [-0.25, -0.2) is 4.79 Å². The lowest BCUT2D eigenvalue weighted by atomic mass is 9.95. The van der Waals surface area contributed by atoms with Crippen molar-refractivity contribution in [2.45, 2.75) is 60.0 Å². The summed E-state index contributed by atoms with van der Waals surface area (Å²) in [6.45, 7) is 10.3. The zero-order chi connectivity index (χ0) is 20.6. The van der Waals surface area contributed by atoms with Gasteiger partial charge in [0.1, 0.15) is 6.61 Å². The average molecular weight is 386 g/mol. The van der Waals surface area contributed by atoms with Gasteiger partial charge in [0.05, 0.1) is 24.7 Å². The van der Waals surface area contributed by atoms with E-state index in [0.717, 1.165) is 0 Å². The lowest BCUT2D eigenvalue weighted by molar-refractivity contribution is -0.204. The molecule has 0 N–H and O–H groups in total. The molecule has 0 saturated carbocycles. The third-order valence-electron chi connectivity index (χ3n) is 3.93. The standard InChI is InChI=1S/C19H30O8/c1-11(2)9-23-19(22)24-10-17-12(3)7-8-16(27-17)13(4)18(25-14(5)20)26-15(6)21/h7-8,11-13,16-18H,9-10H2,1-6H3/t12-,13+,16-,17+/m0/s1. The fourth-order valence-electron chi connectivity index (χ4n) is 2.42. The van der Waals surface area contributed by atoms with E-state index < -0.39 is 42.5 Å². The Labute approximate surface area is 160 Å². The summed E-state index contributed by atoms with van der Waals surface area (Å²) in [7, 11) is 0. The highest BCUT2D eigenvalue weighted by atomic mass is 16.7. The summed E-state index contributed by atoms with van der Waals surface area (Å²) in [5.74, 6) is -1.35. The molecule has 0 amide bonds. The molecular formula is C19H30O8. The molecule has 0 saturated heterocycles. The van der Waals surface area contributed by atoms with Crippen molar-refractivity contribution in [2.75, 3.05) is 13.2 Å². The van der Waals surface area contributed by atoms with Gasteiger partial charge in [-0.15, -0.1) is 0 Å². The van der Waals surface area contributed by atoms with Crippen LogP contribution in [0, 0.1) is 17.8 Å². The zero-order valence-electron chi connectivity index (χ0n) is 16.8. The first-order chi connectivity index (χ1) is 12.6. The summed E-state index contributed by atoms with van der Waals surface area (Å²) in [5.41, 5.74) is 0. The Kier molecular flexibility index (Phi) is 9.28. The summed E-state index contributed by atoms with van der Waals surface area (Å²) in [6, 6.07) is 0. The SMILES string of the molecule is CC(=O)OC(OC(C)=O)[C@H](C)[C@@H]1C=C[C@H](C)[C@@H](COC(=O)OCC(C)C)O1. The Morgan fingerprint density at radius 1 is 1.00 bits per heavy atom. The molecule has 0 spiro atoms. The third kappa shape index (κ3) is 8.43. The van der Waals surface area contributed by atoms with E-state index in [4.69, 9.17) is 23.7 Å². The van der Waals surface area contributed by atoms with Crippen LogP contribution in [-0.2, 0) is 33.3 Å². The molecule has 0 bridgehead atoms. The summed E-state index contributed by atoms with van der Waals surface area (Å²) >= 11 is 0. The van der Waals surface area contributed by atoms with Gasteiger partial charge >= 0.3 is 18.1 Å². The number of hydrogen-bond donors (Lipinski definition) is 0. The van der Waals surface area contributed by atoms with E-state index in [2.05, 4.69) is 0 Å². The van der Waals surface area contributed by atoms with E-state index in [1.807, 2.05) is 32.9 Å². The van der Waals surface area contributed by atoms with Crippen LogP contribution in [0.4, 0.5) is 4.79 Å². The molecule has 0 aliphatic carbocycles. The van der Waals surface area contributed by atoms with Crippen molar-refractivity contribution in [2.24, 2.45) is 17.8 Å². The predicted octanol–water partition coefficient (Wildman–Crippen LogP) is 2.84. The smallest absolute Gasteiger partial charge is 0.434 e. The number of carbonyl (C=O) groups excluding carboxylic acids is 3. The largest absolute Gasteiger partial charge is 0.508 e. The van der Waals surface area contributed by atoms with Crippen molar-refractivity contribution in [3.05, 3.63) is 12.2 Å². The number of hydrogen-bond acceptors (Lipinski definition) is 8. The highest BCUT2D eigenvalue weighted by molar-refractivity contribution is 5.68. The van der Waals surface area contributed by atoms with Gasteiger partial charge < -0.3 is 23.7 Å². The molecule has 0 aromatic carbocycles. The van der Waals surface area contributed by atoms with Gasteiger partial charge in [0.25, 0.3) is 6.29 Å². The first-order valence-electron chi connectivity index (χ1n) is 9.07. The Balaban J connectivity index is 2.66. The van der Waals surface area contributed by atoms with Crippen molar-refractivity contribution in [3.8, 4) is 0 Å². The van der Waals surface area contributed by atoms with E-state index in [-0.39, 0.29) is 25.0 Å². The molecule has 0 aromatic heterocycles. The molecule has 154 valence electrons. The molecule has 27 heavy (non-hydrogen) atoms. The lowest BCUT2D eigenvalue weighted by Gasteiger charge is -2.35. The Morgan fingerprint density at radius 2 is 1.59 bits per heavy atom. The van der Waals surface area contributed by atoms with E-state index >= 15 is 0 Å². The second-order valence-corrected chi connectivity index (χ2v) is 7.10. The van der Waals surface area contributed by atoms with Gasteiger partial charge in [0.15, 0.2) is 0 Å². The van der Waals surface area contributed by atoms with Gasteiger partial charge in [-0.1, -0.05) is 39.8 Å². The van der Waals surface area contributed by atoms with Crippen LogP contribution in [0.25, 0.3) is 0 Å². The highest BCUT2D eigenvalue weighted by Gasteiger charge is 2.35. The van der Waals surface area contributed by atoms with Gasteiger partial charge in [-0.3, -0.25) is 9.59 Å². The van der Waals surface area contributed by atoms with Gasteiger partial charge in [-0.2, -0.15) is 0 Å². The molecule has 1 aliphatic heterocycles. The minimum absolute atomic E-state index is 0.00671. The summed E-state index contributed by atoms with van der Waals surface area (Å²) in [4.78, 5) is 34.2. The van der Waals surface area contributed by atoms with E-state index in [1.54, 1.807) is 6.92 Å². The van der Waals surface area contributed by atoms with Crippen LogP contribution in [0.3, 0.4) is 0 Å². The molecule has 8 heteroatoms. The first-order valence-corrected chi connectivity index (χ1v) is 9.07. The number of rotatable bonds is 8. The van der Waals surface area contributed by atoms with Crippen LogP contribution < -0.4 is 0 Å². The van der Waals surface area contributed by atoms with Crippen LogP contribution in [-0.4, -0.2) is 49.8 Å². The minimum Gasteiger partial charge on any atom is -0.434 e. The molecule has 1 heterocycles. The normalized spacial score (nSPS) is 23.0. The fraction of sp³-hybridized carbons (Fsp3) is 0.737. The topological polar surface area (TPSA) is 97.4 Å². The quantitative estimate of drug-likeness (QED) is 0.357. The minimum atomic E-state index is -1.07. The van der Waals surface area contributed by atoms with Crippen LogP contribution >= 0.6 is 0 Å². The number of esters is 2. The van der Waals surface area contributed by atoms with Crippen molar-refractivity contribution < 1.29 is 38.1 Å². The Bertz CT molecular complexity index is 526. The molecule has 8 nitrogen and oxygen atoms in total.